The van der Waals surface area contributed by atoms with Crippen LogP contribution in [0.15, 0.2) is 28.8 Å². The lowest BCUT2D eigenvalue weighted by molar-refractivity contribution is -0.0509. The maximum absolute atomic E-state index is 12.3. The second-order valence-electron chi connectivity index (χ2n) is 5.28. The first-order valence-corrected chi connectivity index (χ1v) is 7.28. The van der Waals surface area contributed by atoms with Crippen LogP contribution in [0.4, 0.5) is 8.78 Å². The second kappa shape index (κ2) is 7.01. The number of morpholine rings is 1. The van der Waals surface area contributed by atoms with E-state index in [9.17, 15) is 8.78 Å². The molecule has 8 heteroatoms. The Morgan fingerprint density at radius 2 is 2.30 bits per heavy atom. The zero-order valence-electron chi connectivity index (χ0n) is 12.6. The van der Waals surface area contributed by atoms with Gasteiger partial charge in [-0.1, -0.05) is 17.3 Å². The summed E-state index contributed by atoms with van der Waals surface area (Å²) in [6.45, 7) is 1.37. The number of nitrogens with zero attached hydrogens (tertiary/aromatic N) is 3. The molecule has 0 amide bonds. The standard InChI is InChI=1S/C15H17F2N3O3/c1-10-18-14(19-23-10)9-20-5-6-21-13(8-20)11-3-2-4-12(7-11)22-15(16)17/h2-4,7,13,15H,5-6,8-9H2,1H3/t13-/m0/s1. The molecule has 1 aromatic heterocycles. The van der Waals surface area contributed by atoms with Gasteiger partial charge < -0.3 is 14.0 Å². The first kappa shape index (κ1) is 15.8. The molecule has 1 aliphatic heterocycles. The van der Waals surface area contributed by atoms with Gasteiger partial charge in [-0.25, -0.2) is 0 Å². The lowest BCUT2D eigenvalue weighted by Gasteiger charge is -2.32. The van der Waals surface area contributed by atoms with Crippen LogP contribution in [-0.2, 0) is 11.3 Å². The Balaban J connectivity index is 1.66. The van der Waals surface area contributed by atoms with Crippen molar-refractivity contribution in [1.29, 1.82) is 0 Å². The fraction of sp³-hybridized carbons (Fsp3) is 0.467. The molecule has 0 N–H and O–H groups in total. The van der Waals surface area contributed by atoms with Gasteiger partial charge in [-0.3, -0.25) is 4.90 Å². The molecule has 6 nitrogen and oxygen atoms in total. The molecule has 1 fully saturated rings. The largest absolute Gasteiger partial charge is 0.435 e. The highest BCUT2D eigenvalue weighted by Crippen LogP contribution is 2.26. The molecule has 124 valence electrons. The quantitative estimate of drug-likeness (QED) is 0.842. The predicted octanol–water partition coefficient (Wildman–Crippen LogP) is 2.55. The van der Waals surface area contributed by atoms with Crippen molar-refractivity contribution in [3.8, 4) is 5.75 Å². The van der Waals surface area contributed by atoms with E-state index < -0.39 is 6.61 Å². The maximum atomic E-state index is 12.3. The van der Waals surface area contributed by atoms with Crippen LogP contribution in [0.2, 0.25) is 0 Å². The van der Waals surface area contributed by atoms with E-state index in [1.165, 1.54) is 6.07 Å². The van der Waals surface area contributed by atoms with Gasteiger partial charge in [0.2, 0.25) is 5.89 Å². The fourth-order valence-corrected chi connectivity index (χ4v) is 2.54. The zero-order chi connectivity index (χ0) is 16.2. The Kier molecular flexibility index (Phi) is 4.82. The Hall–Kier alpha value is -2.06. The second-order valence-corrected chi connectivity index (χ2v) is 5.28. The number of rotatable bonds is 5. The number of aromatic nitrogens is 2. The number of aryl methyl sites for hydroxylation is 1. The van der Waals surface area contributed by atoms with Gasteiger partial charge in [-0.15, -0.1) is 0 Å². The van der Waals surface area contributed by atoms with Crippen molar-refractivity contribution in [1.82, 2.24) is 15.0 Å². The molecule has 1 aromatic carbocycles. The Bertz CT molecular complexity index is 650. The molecule has 0 radical (unpaired) electrons. The van der Waals surface area contributed by atoms with Crippen molar-refractivity contribution in [2.24, 2.45) is 0 Å². The Morgan fingerprint density at radius 3 is 3.04 bits per heavy atom. The van der Waals surface area contributed by atoms with E-state index in [1.54, 1.807) is 19.1 Å². The first-order chi connectivity index (χ1) is 11.1. The number of hydrogen-bond donors (Lipinski definition) is 0. The van der Waals surface area contributed by atoms with Crippen LogP contribution in [0.5, 0.6) is 5.75 Å². The first-order valence-electron chi connectivity index (χ1n) is 7.28. The lowest BCUT2D eigenvalue weighted by Crippen LogP contribution is -2.38. The molecule has 2 aromatic rings. The molecule has 1 aliphatic rings. The Labute approximate surface area is 132 Å². The van der Waals surface area contributed by atoms with Gasteiger partial charge in [-0.05, 0) is 17.7 Å². The van der Waals surface area contributed by atoms with E-state index in [0.29, 0.717) is 31.4 Å². The van der Waals surface area contributed by atoms with E-state index in [1.807, 2.05) is 6.07 Å². The summed E-state index contributed by atoms with van der Waals surface area (Å²) in [6, 6.07) is 6.60. The third-order valence-electron chi connectivity index (χ3n) is 3.54. The molecule has 0 saturated carbocycles. The van der Waals surface area contributed by atoms with Crippen LogP contribution in [0.3, 0.4) is 0 Å². The van der Waals surface area contributed by atoms with Gasteiger partial charge >= 0.3 is 6.61 Å². The molecule has 0 spiro atoms. The highest BCUT2D eigenvalue weighted by atomic mass is 19.3. The SMILES string of the molecule is Cc1nc(CN2CCO[C@H](c3cccc(OC(F)F)c3)C2)no1. The van der Waals surface area contributed by atoms with E-state index in [4.69, 9.17) is 9.26 Å². The Morgan fingerprint density at radius 1 is 1.43 bits per heavy atom. The highest BCUT2D eigenvalue weighted by Gasteiger charge is 2.23. The van der Waals surface area contributed by atoms with Crippen molar-refractivity contribution in [3.05, 3.63) is 41.5 Å². The van der Waals surface area contributed by atoms with Gasteiger partial charge in [-0.2, -0.15) is 13.8 Å². The minimum absolute atomic E-state index is 0.131. The summed E-state index contributed by atoms with van der Waals surface area (Å²) >= 11 is 0. The number of halogens is 2. The number of alkyl halides is 2. The van der Waals surface area contributed by atoms with Crippen LogP contribution in [-0.4, -0.2) is 41.3 Å². The van der Waals surface area contributed by atoms with Crippen molar-refractivity contribution in [3.63, 3.8) is 0 Å². The van der Waals surface area contributed by atoms with Crippen LogP contribution in [0.1, 0.15) is 23.4 Å². The summed E-state index contributed by atoms with van der Waals surface area (Å²) in [6.07, 6.45) is -0.210. The van der Waals surface area contributed by atoms with Crippen molar-refractivity contribution in [2.75, 3.05) is 19.7 Å². The number of ether oxygens (including phenoxy) is 2. The van der Waals surface area contributed by atoms with Gasteiger partial charge in [0.05, 0.1) is 19.3 Å². The van der Waals surface area contributed by atoms with E-state index in [2.05, 4.69) is 19.8 Å². The monoisotopic (exact) mass is 325 g/mol. The molecule has 0 unspecified atom stereocenters. The van der Waals surface area contributed by atoms with Crippen LogP contribution >= 0.6 is 0 Å². The van der Waals surface area contributed by atoms with E-state index in [-0.39, 0.29) is 11.9 Å². The summed E-state index contributed by atoms with van der Waals surface area (Å²) in [5.74, 6) is 1.28. The van der Waals surface area contributed by atoms with E-state index >= 15 is 0 Å². The van der Waals surface area contributed by atoms with Crippen molar-refractivity contribution in [2.45, 2.75) is 26.2 Å². The third kappa shape index (κ3) is 4.23. The molecule has 2 heterocycles. The fourth-order valence-electron chi connectivity index (χ4n) is 2.54. The number of benzene rings is 1. The summed E-state index contributed by atoms with van der Waals surface area (Å²) in [4.78, 5) is 6.32. The summed E-state index contributed by atoms with van der Waals surface area (Å²) in [5.41, 5.74) is 0.803. The normalized spacial score (nSPS) is 19.2. The predicted molar refractivity (Wildman–Crippen MR) is 76.1 cm³/mol. The summed E-state index contributed by atoms with van der Waals surface area (Å²) in [7, 11) is 0. The van der Waals surface area contributed by atoms with Gasteiger partial charge in [0.1, 0.15) is 5.75 Å². The minimum atomic E-state index is -2.84. The van der Waals surface area contributed by atoms with Crippen LogP contribution in [0, 0.1) is 6.92 Å². The van der Waals surface area contributed by atoms with Gasteiger partial charge in [0.25, 0.3) is 0 Å². The van der Waals surface area contributed by atoms with Crippen molar-refractivity contribution < 1.29 is 22.8 Å². The van der Waals surface area contributed by atoms with Crippen LogP contribution < -0.4 is 4.74 Å². The van der Waals surface area contributed by atoms with E-state index in [0.717, 1.165) is 12.1 Å². The van der Waals surface area contributed by atoms with Crippen LogP contribution in [0.25, 0.3) is 0 Å². The molecule has 0 aliphatic carbocycles. The lowest BCUT2D eigenvalue weighted by atomic mass is 10.1. The highest BCUT2D eigenvalue weighted by molar-refractivity contribution is 5.30. The number of hydrogen-bond acceptors (Lipinski definition) is 6. The third-order valence-corrected chi connectivity index (χ3v) is 3.54. The molecule has 0 bridgehead atoms. The molecule has 23 heavy (non-hydrogen) atoms. The molecular weight excluding hydrogens is 308 g/mol. The average Bonchev–Trinajstić information content (AvgIpc) is 2.92. The maximum Gasteiger partial charge on any atom is 0.387 e. The molecular formula is C15H17F2N3O3. The summed E-state index contributed by atoms with van der Waals surface area (Å²) in [5, 5.41) is 3.88. The topological polar surface area (TPSA) is 60.6 Å². The average molecular weight is 325 g/mol. The molecule has 3 rings (SSSR count). The van der Waals surface area contributed by atoms with Gasteiger partial charge in [0.15, 0.2) is 5.82 Å². The smallest absolute Gasteiger partial charge is 0.387 e. The van der Waals surface area contributed by atoms with Crippen molar-refractivity contribution >= 4 is 0 Å². The summed E-state index contributed by atoms with van der Waals surface area (Å²) < 4.78 is 39.8. The minimum Gasteiger partial charge on any atom is -0.435 e. The van der Waals surface area contributed by atoms with Gasteiger partial charge in [0, 0.05) is 20.0 Å². The molecule has 1 atom stereocenters. The molecule has 1 saturated heterocycles. The zero-order valence-corrected chi connectivity index (χ0v) is 12.6.